The van der Waals surface area contributed by atoms with Crippen LogP contribution in [0.25, 0.3) is 0 Å². The van der Waals surface area contributed by atoms with Crippen LogP contribution in [0.15, 0.2) is 0 Å². The van der Waals surface area contributed by atoms with Gasteiger partial charge >= 0.3 is 5.97 Å². The summed E-state index contributed by atoms with van der Waals surface area (Å²) in [7, 11) is 0. The van der Waals surface area contributed by atoms with Gasteiger partial charge in [0.2, 0.25) is 0 Å². The molecule has 1 saturated heterocycles. The van der Waals surface area contributed by atoms with Gasteiger partial charge in [-0.05, 0) is 0 Å². The minimum absolute atomic E-state index is 1.20. The van der Waals surface area contributed by atoms with Crippen LogP contribution in [0.5, 0.6) is 0 Å². The number of aliphatic hydroxyl groups excluding tert-OH is 3. The number of ether oxygens (including phenoxy) is 1. The Morgan fingerprint density at radius 3 is 2.23 bits per heavy atom. The fourth-order valence-corrected chi connectivity index (χ4v) is 1.10. The van der Waals surface area contributed by atoms with Crippen molar-refractivity contribution in [1.29, 1.82) is 0 Å². The second kappa shape index (κ2) is 3.56. The summed E-state index contributed by atoms with van der Waals surface area (Å²) in [6, 6.07) is -1.20. The molecule has 3 unspecified atom stereocenters. The number of nitrogens with two attached hydrogens (primary N) is 1. The molecule has 13 heavy (non-hydrogen) atoms. The third-order valence-corrected chi connectivity index (χ3v) is 1.91. The van der Waals surface area contributed by atoms with E-state index in [-0.39, 0.29) is 0 Å². The normalized spacial score (nSPS) is 46.0. The summed E-state index contributed by atoms with van der Waals surface area (Å²) >= 11 is 0. The van der Waals surface area contributed by atoms with Crippen LogP contribution >= 0.6 is 0 Å². The zero-order valence-corrected chi connectivity index (χ0v) is 6.57. The van der Waals surface area contributed by atoms with Crippen molar-refractivity contribution in [2.75, 3.05) is 0 Å². The predicted molar refractivity (Wildman–Crippen MR) is 38.5 cm³/mol. The lowest BCUT2D eigenvalue weighted by Gasteiger charge is -2.36. The summed E-state index contributed by atoms with van der Waals surface area (Å²) in [6.07, 6.45) is -6.37. The van der Waals surface area contributed by atoms with Crippen LogP contribution in [0.1, 0.15) is 0 Å². The van der Waals surface area contributed by atoms with Gasteiger partial charge in [-0.15, -0.1) is 0 Å². The summed E-state index contributed by atoms with van der Waals surface area (Å²) in [4.78, 5) is 10.4. The van der Waals surface area contributed by atoms with Gasteiger partial charge in [-0.1, -0.05) is 0 Å². The molecular formula is C6H11NO6. The molecule has 1 fully saturated rings. The number of aliphatic hydroxyl groups is 3. The molecule has 1 aliphatic rings. The highest BCUT2D eigenvalue weighted by Gasteiger charge is 2.45. The summed E-state index contributed by atoms with van der Waals surface area (Å²) in [5, 5.41) is 35.8. The fraction of sp³-hybridized carbons (Fsp3) is 0.833. The Balaban J connectivity index is 2.76. The zero-order valence-electron chi connectivity index (χ0n) is 6.57. The van der Waals surface area contributed by atoms with E-state index in [9.17, 15) is 4.79 Å². The summed E-state index contributed by atoms with van der Waals surface area (Å²) < 4.78 is 4.46. The molecule has 1 aliphatic heterocycles. The number of hydrogen-bond acceptors (Lipinski definition) is 6. The molecule has 0 bridgehead atoms. The monoisotopic (exact) mass is 193 g/mol. The van der Waals surface area contributed by atoms with Crippen molar-refractivity contribution in [3.63, 3.8) is 0 Å². The largest absolute Gasteiger partial charge is 0.479 e. The average molecular weight is 193 g/mol. The van der Waals surface area contributed by atoms with Gasteiger partial charge in [-0.2, -0.15) is 0 Å². The SMILES string of the molecule is NC1C(O)[C@H](O)C(C(=O)O)O[C@H]1O. The molecule has 7 nitrogen and oxygen atoms in total. The Kier molecular flexibility index (Phi) is 2.84. The van der Waals surface area contributed by atoms with E-state index in [4.69, 9.17) is 26.2 Å². The van der Waals surface area contributed by atoms with Crippen molar-refractivity contribution in [2.24, 2.45) is 5.73 Å². The molecular weight excluding hydrogens is 182 g/mol. The van der Waals surface area contributed by atoms with Crippen LogP contribution in [0.3, 0.4) is 0 Å². The lowest BCUT2D eigenvalue weighted by atomic mass is 9.98. The molecule has 6 N–H and O–H groups in total. The van der Waals surface area contributed by atoms with Crippen molar-refractivity contribution < 1.29 is 30.0 Å². The molecule has 1 rings (SSSR count). The van der Waals surface area contributed by atoms with Crippen molar-refractivity contribution in [3.05, 3.63) is 0 Å². The third-order valence-electron chi connectivity index (χ3n) is 1.91. The standard InChI is InChI=1S/C6H11NO6/c7-1-2(8)3(9)4(5(10)11)13-6(1)12/h1-4,6,8-9,12H,7H2,(H,10,11)/t1?,2?,3-,4?,6+/m0/s1. The van der Waals surface area contributed by atoms with E-state index >= 15 is 0 Å². The number of carboxylic acids is 1. The molecule has 0 radical (unpaired) electrons. The third kappa shape index (κ3) is 1.79. The highest BCUT2D eigenvalue weighted by Crippen LogP contribution is 2.18. The maximum atomic E-state index is 10.4. The molecule has 0 aromatic heterocycles. The summed E-state index contributed by atoms with van der Waals surface area (Å²) in [5.41, 5.74) is 5.20. The van der Waals surface area contributed by atoms with Crippen molar-refractivity contribution in [2.45, 2.75) is 30.6 Å². The second-order valence-electron chi connectivity index (χ2n) is 2.84. The lowest BCUT2D eigenvalue weighted by Crippen LogP contribution is -2.62. The molecule has 0 aliphatic carbocycles. The van der Waals surface area contributed by atoms with Gasteiger partial charge in [0.25, 0.3) is 0 Å². The fourth-order valence-electron chi connectivity index (χ4n) is 1.10. The molecule has 7 heteroatoms. The smallest absolute Gasteiger partial charge is 0.335 e. The van der Waals surface area contributed by atoms with Crippen LogP contribution in [0.4, 0.5) is 0 Å². The van der Waals surface area contributed by atoms with Gasteiger partial charge in [-0.25, -0.2) is 4.79 Å². The van der Waals surface area contributed by atoms with Crippen LogP contribution in [-0.4, -0.2) is 57.0 Å². The lowest BCUT2D eigenvalue weighted by molar-refractivity contribution is -0.244. The van der Waals surface area contributed by atoms with Gasteiger partial charge in [0, 0.05) is 0 Å². The molecule has 1 heterocycles. The first-order chi connectivity index (χ1) is 5.95. The summed E-state index contributed by atoms with van der Waals surface area (Å²) in [6.45, 7) is 0. The van der Waals surface area contributed by atoms with E-state index in [1.165, 1.54) is 0 Å². The van der Waals surface area contributed by atoms with Crippen LogP contribution in [0, 0.1) is 0 Å². The Bertz CT molecular complexity index is 209. The first-order valence-corrected chi connectivity index (χ1v) is 3.63. The Morgan fingerprint density at radius 2 is 1.77 bits per heavy atom. The number of hydrogen-bond donors (Lipinski definition) is 5. The van der Waals surface area contributed by atoms with Gasteiger partial charge in [0.1, 0.15) is 12.2 Å². The van der Waals surface area contributed by atoms with Crippen molar-refractivity contribution in [1.82, 2.24) is 0 Å². The minimum atomic E-state index is -1.65. The van der Waals surface area contributed by atoms with Crippen LogP contribution in [0.2, 0.25) is 0 Å². The number of rotatable bonds is 1. The first kappa shape index (κ1) is 10.4. The van der Waals surface area contributed by atoms with Crippen LogP contribution < -0.4 is 5.73 Å². The number of carbonyl (C=O) groups is 1. The van der Waals surface area contributed by atoms with Gasteiger partial charge in [0.15, 0.2) is 12.4 Å². The Morgan fingerprint density at radius 1 is 1.23 bits per heavy atom. The van der Waals surface area contributed by atoms with E-state index < -0.39 is 36.6 Å². The van der Waals surface area contributed by atoms with Gasteiger partial charge < -0.3 is 30.9 Å². The maximum absolute atomic E-state index is 10.4. The number of aliphatic carboxylic acids is 1. The van der Waals surface area contributed by atoms with Crippen molar-refractivity contribution >= 4 is 5.97 Å². The maximum Gasteiger partial charge on any atom is 0.335 e. The van der Waals surface area contributed by atoms with Crippen LogP contribution in [-0.2, 0) is 9.53 Å². The minimum Gasteiger partial charge on any atom is -0.479 e. The molecule has 76 valence electrons. The van der Waals surface area contributed by atoms with E-state index in [0.717, 1.165) is 0 Å². The molecule has 5 atom stereocenters. The highest BCUT2D eigenvalue weighted by atomic mass is 16.6. The zero-order chi connectivity index (χ0) is 10.2. The van der Waals surface area contributed by atoms with E-state index in [1.807, 2.05) is 0 Å². The van der Waals surface area contributed by atoms with E-state index in [1.54, 1.807) is 0 Å². The molecule has 0 aromatic carbocycles. The average Bonchev–Trinajstić information content (AvgIpc) is 2.07. The summed E-state index contributed by atoms with van der Waals surface area (Å²) in [5.74, 6) is -1.46. The molecule has 0 spiro atoms. The van der Waals surface area contributed by atoms with E-state index in [0.29, 0.717) is 0 Å². The van der Waals surface area contributed by atoms with E-state index in [2.05, 4.69) is 4.74 Å². The second-order valence-corrected chi connectivity index (χ2v) is 2.84. The Hall–Kier alpha value is -0.730. The van der Waals surface area contributed by atoms with Gasteiger partial charge in [0.05, 0.1) is 6.04 Å². The number of carboxylic acid groups (broad SMARTS) is 1. The first-order valence-electron chi connectivity index (χ1n) is 3.63. The quantitative estimate of drug-likeness (QED) is 0.296. The van der Waals surface area contributed by atoms with Crippen molar-refractivity contribution in [3.8, 4) is 0 Å². The predicted octanol–water partition coefficient (Wildman–Crippen LogP) is -3.16. The Labute approximate surface area is 73.4 Å². The highest BCUT2D eigenvalue weighted by molar-refractivity contribution is 5.73. The molecule has 0 saturated carbocycles. The van der Waals surface area contributed by atoms with Gasteiger partial charge in [-0.3, -0.25) is 0 Å². The molecule has 0 aromatic rings. The molecule has 0 amide bonds. The topological polar surface area (TPSA) is 133 Å².